The van der Waals surface area contributed by atoms with Crippen molar-refractivity contribution in [2.75, 3.05) is 31.6 Å². The van der Waals surface area contributed by atoms with Crippen LogP contribution in [-0.4, -0.2) is 49.2 Å². The van der Waals surface area contributed by atoms with Crippen LogP contribution in [0.1, 0.15) is 62.2 Å². The molecular formula is C29H38N4O3. The SMILES string of the molecule is CCOCCNC(=O)N[C@@H]1CCCC[C@@H]1C(=O)N1CC[C@@H]2[C@H](c3ccccc3)Nc3ccccc3[C@@H]21. The minimum absolute atomic E-state index is 0.0442. The number of nitrogens with one attached hydrogen (secondary N) is 3. The quantitative estimate of drug-likeness (QED) is 0.494. The van der Waals surface area contributed by atoms with E-state index in [1.54, 1.807) is 0 Å². The number of anilines is 1. The number of ether oxygens (including phenoxy) is 1. The van der Waals surface area contributed by atoms with Crippen molar-refractivity contribution in [1.82, 2.24) is 15.5 Å². The van der Waals surface area contributed by atoms with E-state index in [-0.39, 0.29) is 36.0 Å². The number of fused-ring (bicyclic) bond motifs is 3. The average molecular weight is 491 g/mol. The van der Waals surface area contributed by atoms with Gasteiger partial charge in [0.15, 0.2) is 0 Å². The highest BCUT2D eigenvalue weighted by molar-refractivity contribution is 5.82. The van der Waals surface area contributed by atoms with E-state index in [2.05, 4.69) is 69.4 Å². The minimum atomic E-state index is -0.213. The molecule has 3 amide bonds. The van der Waals surface area contributed by atoms with Crippen molar-refractivity contribution in [3.63, 3.8) is 0 Å². The third kappa shape index (κ3) is 5.07. The van der Waals surface area contributed by atoms with Crippen LogP contribution < -0.4 is 16.0 Å². The van der Waals surface area contributed by atoms with E-state index < -0.39 is 0 Å². The maximum Gasteiger partial charge on any atom is 0.315 e. The van der Waals surface area contributed by atoms with Crippen molar-refractivity contribution in [3.05, 3.63) is 65.7 Å². The number of benzene rings is 2. The van der Waals surface area contributed by atoms with Gasteiger partial charge in [-0.3, -0.25) is 4.79 Å². The van der Waals surface area contributed by atoms with Crippen LogP contribution in [0.3, 0.4) is 0 Å². The van der Waals surface area contributed by atoms with Gasteiger partial charge >= 0.3 is 6.03 Å². The van der Waals surface area contributed by atoms with Crippen LogP contribution in [0.2, 0.25) is 0 Å². The number of likely N-dealkylation sites (tertiary alicyclic amines) is 1. The second-order valence-electron chi connectivity index (χ2n) is 10.1. The number of carbonyl (C=O) groups excluding carboxylic acids is 2. The Labute approximate surface area is 214 Å². The van der Waals surface area contributed by atoms with E-state index in [1.807, 2.05) is 13.0 Å². The smallest absolute Gasteiger partial charge is 0.315 e. The van der Waals surface area contributed by atoms with Crippen LogP contribution >= 0.6 is 0 Å². The van der Waals surface area contributed by atoms with E-state index in [4.69, 9.17) is 4.74 Å². The van der Waals surface area contributed by atoms with Gasteiger partial charge in [0.2, 0.25) is 5.91 Å². The number of nitrogens with zero attached hydrogens (tertiary/aromatic N) is 1. The molecule has 192 valence electrons. The minimum Gasteiger partial charge on any atom is -0.380 e. The summed E-state index contributed by atoms with van der Waals surface area (Å²) in [5, 5.41) is 9.75. The highest BCUT2D eigenvalue weighted by Gasteiger charge is 2.48. The summed E-state index contributed by atoms with van der Waals surface area (Å²) in [6, 6.07) is 18.8. The Morgan fingerprint density at radius 3 is 2.64 bits per heavy atom. The summed E-state index contributed by atoms with van der Waals surface area (Å²) in [6.45, 7) is 4.26. The van der Waals surface area contributed by atoms with Crippen LogP contribution in [-0.2, 0) is 9.53 Å². The number of urea groups is 1. The number of rotatable bonds is 7. The van der Waals surface area contributed by atoms with Gasteiger partial charge in [-0.2, -0.15) is 0 Å². The molecule has 0 unspecified atom stereocenters. The number of para-hydroxylation sites is 1. The molecule has 0 spiro atoms. The monoisotopic (exact) mass is 490 g/mol. The molecule has 2 aliphatic heterocycles. The molecule has 0 bridgehead atoms. The fourth-order valence-corrected chi connectivity index (χ4v) is 6.38. The molecule has 2 heterocycles. The molecule has 5 atom stereocenters. The maximum atomic E-state index is 14.1. The first-order chi connectivity index (χ1) is 17.7. The van der Waals surface area contributed by atoms with Crippen molar-refractivity contribution >= 4 is 17.6 Å². The van der Waals surface area contributed by atoms with Gasteiger partial charge in [0.25, 0.3) is 0 Å². The van der Waals surface area contributed by atoms with Gasteiger partial charge < -0.3 is 25.6 Å². The molecule has 1 saturated carbocycles. The van der Waals surface area contributed by atoms with E-state index >= 15 is 0 Å². The topological polar surface area (TPSA) is 82.7 Å². The molecule has 0 aromatic heterocycles. The molecule has 2 aromatic carbocycles. The fraction of sp³-hybridized carbons (Fsp3) is 0.517. The van der Waals surface area contributed by atoms with Gasteiger partial charge in [0.1, 0.15) is 0 Å². The number of hydrogen-bond donors (Lipinski definition) is 3. The Balaban J connectivity index is 1.35. The van der Waals surface area contributed by atoms with E-state index in [0.717, 1.165) is 44.3 Å². The lowest BCUT2D eigenvalue weighted by molar-refractivity contribution is -0.138. The van der Waals surface area contributed by atoms with Crippen LogP contribution in [0.25, 0.3) is 0 Å². The fourth-order valence-electron chi connectivity index (χ4n) is 6.38. The summed E-state index contributed by atoms with van der Waals surface area (Å²) in [4.78, 5) is 28.8. The number of carbonyl (C=O) groups is 2. The first-order valence-corrected chi connectivity index (χ1v) is 13.5. The van der Waals surface area contributed by atoms with Crippen LogP contribution in [0.5, 0.6) is 0 Å². The van der Waals surface area contributed by atoms with Crippen molar-refractivity contribution in [2.45, 2.75) is 57.2 Å². The van der Waals surface area contributed by atoms with Crippen molar-refractivity contribution in [1.29, 1.82) is 0 Å². The van der Waals surface area contributed by atoms with E-state index in [1.165, 1.54) is 11.1 Å². The lowest BCUT2D eigenvalue weighted by Crippen LogP contribution is -2.52. The molecule has 3 aliphatic rings. The van der Waals surface area contributed by atoms with Crippen molar-refractivity contribution in [3.8, 4) is 0 Å². The Bertz CT molecular complexity index is 1050. The first kappa shape index (κ1) is 24.6. The van der Waals surface area contributed by atoms with Crippen molar-refractivity contribution < 1.29 is 14.3 Å². The second-order valence-corrected chi connectivity index (χ2v) is 10.1. The summed E-state index contributed by atoms with van der Waals surface area (Å²) in [7, 11) is 0. The van der Waals surface area contributed by atoms with Gasteiger partial charge in [-0.05, 0) is 43.4 Å². The second kappa shape index (κ2) is 11.3. The molecule has 2 aromatic rings. The third-order valence-electron chi connectivity index (χ3n) is 8.04. The van der Waals surface area contributed by atoms with Gasteiger partial charge in [-0.25, -0.2) is 4.79 Å². The molecule has 1 aliphatic carbocycles. The number of amides is 3. The molecule has 1 saturated heterocycles. The Morgan fingerprint density at radius 2 is 1.81 bits per heavy atom. The standard InChI is InChI=1S/C29H38N4O3/c1-2-36-19-17-30-29(35)32-25-15-9-7-13-22(25)28(34)33-18-16-23-26(20-10-4-3-5-11-20)31-24-14-8-6-12-21(24)27(23)33/h3-6,8,10-12,14,22-23,25-27,31H,2,7,9,13,15-19H2,1H3,(H2,30,32,35)/t22-,23+,25+,26-,27-/m0/s1. The van der Waals surface area contributed by atoms with E-state index in [0.29, 0.717) is 25.7 Å². The molecule has 5 rings (SSSR count). The third-order valence-corrected chi connectivity index (χ3v) is 8.04. The van der Waals surface area contributed by atoms with Crippen LogP contribution in [0.15, 0.2) is 54.6 Å². The predicted octanol–water partition coefficient (Wildman–Crippen LogP) is 4.64. The van der Waals surface area contributed by atoms with Gasteiger partial charge in [-0.15, -0.1) is 0 Å². The molecule has 36 heavy (non-hydrogen) atoms. The summed E-state index contributed by atoms with van der Waals surface area (Å²) in [6.07, 6.45) is 4.66. The van der Waals surface area contributed by atoms with Crippen LogP contribution in [0, 0.1) is 11.8 Å². The predicted molar refractivity (Wildman–Crippen MR) is 141 cm³/mol. The molecular weight excluding hydrogens is 452 g/mol. The van der Waals surface area contributed by atoms with Crippen LogP contribution in [0.4, 0.5) is 10.5 Å². The largest absolute Gasteiger partial charge is 0.380 e. The normalized spacial score (nSPS) is 26.9. The first-order valence-electron chi connectivity index (χ1n) is 13.5. The summed E-state index contributed by atoms with van der Waals surface area (Å²) in [5.41, 5.74) is 3.58. The highest BCUT2D eigenvalue weighted by atomic mass is 16.5. The molecule has 2 fully saturated rings. The van der Waals surface area contributed by atoms with Gasteiger partial charge in [0, 0.05) is 37.3 Å². The summed E-state index contributed by atoms with van der Waals surface area (Å²) >= 11 is 0. The van der Waals surface area contributed by atoms with Gasteiger partial charge in [-0.1, -0.05) is 61.4 Å². The highest BCUT2D eigenvalue weighted by Crippen LogP contribution is 2.51. The zero-order valence-electron chi connectivity index (χ0n) is 21.1. The molecule has 7 nitrogen and oxygen atoms in total. The van der Waals surface area contributed by atoms with E-state index in [9.17, 15) is 9.59 Å². The Hall–Kier alpha value is -3.06. The molecule has 3 N–H and O–H groups in total. The summed E-state index contributed by atoms with van der Waals surface area (Å²) in [5.74, 6) is 0.306. The lowest BCUT2D eigenvalue weighted by Gasteiger charge is -2.42. The number of hydrogen-bond acceptors (Lipinski definition) is 4. The maximum absolute atomic E-state index is 14.1. The Kier molecular flexibility index (Phi) is 7.75. The zero-order chi connectivity index (χ0) is 24.9. The zero-order valence-corrected chi connectivity index (χ0v) is 21.1. The lowest BCUT2D eigenvalue weighted by atomic mass is 9.79. The molecule has 0 radical (unpaired) electrons. The average Bonchev–Trinajstić information content (AvgIpc) is 3.37. The molecule has 7 heteroatoms. The Morgan fingerprint density at radius 1 is 1.03 bits per heavy atom. The van der Waals surface area contributed by atoms with Gasteiger partial charge in [0.05, 0.1) is 24.6 Å². The van der Waals surface area contributed by atoms with Crippen molar-refractivity contribution in [2.24, 2.45) is 11.8 Å². The summed E-state index contributed by atoms with van der Waals surface area (Å²) < 4.78 is 5.31.